The molecular weight excluding hydrogens is 335 g/mol. The zero-order chi connectivity index (χ0) is 17.2. The van der Waals surface area contributed by atoms with Crippen LogP contribution in [0.2, 0.25) is 5.02 Å². The standard InChI is InChI=1S/C15H13ClF3NO3/c16-11-7-8(15(17,18)19)5-6-12(11)20-13(21)9-3-1-2-4-10(9)14(22)23/h1-2,5-7,9-10H,3-4H2,(H,20,21)(H,22,23)/t9-,10+/m0/s1. The fourth-order valence-corrected chi connectivity index (χ4v) is 2.62. The SMILES string of the molecule is O=C(Nc1ccc(C(F)(F)F)cc1Cl)[C@H]1CC=CC[C@H]1C(=O)O. The van der Waals surface area contributed by atoms with Crippen LogP contribution in [0.25, 0.3) is 0 Å². The largest absolute Gasteiger partial charge is 0.481 e. The van der Waals surface area contributed by atoms with E-state index in [1.165, 1.54) is 0 Å². The van der Waals surface area contributed by atoms with Crippen LogP contribution in [0.3, 0.4) is 0 Å². The Morgan fingerprint density at radius 1 is 1.17 bits per heavy atom. The first-order valence-electron chi connectivity index (χ1n) is 6.75. The van der Waals surface area contributed by atoms with E-state index < -0.39 is 35.5 Å². The number of hydrogen-bond acceptors (Lipinski definition) is 2. The van der Waals surface area contributed by atoms with Crippen molar-refractivity contribution in [2.24, 2.45) is 11.8 Å². The molecule has 4 nitrogen and oxygen atoms in total. The molecule has 1 aliphatic carbocycles. The molecule has 0 aromatic heterocycles. The molecule has 0 saturated carbocycles. The Morgan fingerprint density at radius 3 is 2.30 bits per heavy atom. The van der Waals surface area contributed by atoms with E-state index in [0.29, 0.717) is 6.07 Å². The lowest BCUT2D eigenvalue weighted by atomic mass is 9.82. The molecule has 0 spiro atoms. The maximum atomic E-state index is 12.6. The molecule has 2 N–H and O–H groups in total. The topological polar surface area (TPSA) is 66.4 Å². The molecule has 0 bridgehead atoms. The van der Waals surface area contributed by atoms with E-state index >= 15 is 0 Å². The van der Waals surface area contributed by atoms with Crippen molar-refractivity contribution < 1.29 is 27.9 Å². The number of carbonyl (C=O) groups is 2. The minimum Gasteiger partial charge on any atom is -0.481 e. The molecule has 2 atom stereocenters. The van der Waals surface area contributed by atoms with Gasteiger partial charge in [-0.1, -0.05) is 23.8 Å². The molecule has 0 saturated heterocycles. The zero-order valence-electron chi connectivity index (χ0n) is 11.7. The predicted octanol–water partition coefficient (Wildman–Crippen LogP) is 3.96. The molecule has 124 valence electrons. The number of alkyl halides is 3. The summed E-state index contributed by atoms with van der Waals surface area (Å²) >= 11 is 5.77. The number of aliphatic carboxylic acids is 1. The van der Waals surface area contributed by atoms with Gasteiger partial charge in [0, 0.05) is 0 Å². The Labute approximate surface area is 134 Å². The van der Waals surface area contributed by atoms with Crippen molar-refractivity contribution in [3.63, 3.8) is 0 Å². The van der Waals surface area contributed by atoms with Crippen molar-refractivity contribution in [2.45, 2.75) is 19.0 Å². The molecule has 1 aliphatic rings. The van der Waals surface area contributed by atoms with Crippen LogP contribution in [0, 0.1) is 11.8 Å². The Kier molecular flexibility index (Phi) is 4.99. The van der Waals surface area contributed by atoms with E-state index in [9.17, 15) is 22.8 Å². The Bertz CT molecular complexity index is 658. The van der Waals surface area contributed by atoms with Crippen LogP contribution in [0.15, 0.2) is 30.4 Å². The molecule has 23 heavy (non-hydrogen) atoms. The van der Waals surface area contributed by atoms with Gasteiger partial charge in [0.05, 0.1) is 28.1 Å². The predicted molar refractivity (Wildman–Crippen MR) is 78.1 cm³/mol. The lowest BCUT2D eigenvalue weighted by molar-refractivity contribution is -0.146. The molecule has 0 aliphatic heterocycles. The van der Waals surface area contributed by atoms with Gasteiger partial charge in [0.2, 0.25) is 5.91 Å². The summed E-state index contributed by atoms with van der Waals surface area (Å²) in [5.74, 6) is -3.33. The first-order valence-corrected chi connectivity index (χ1v) is 7.13. The van der Waals surface area contributed by atoms with Crippen LogP contribution >= 0.6 is 11.6 Å². The van der Waals surface area contributed by atoms with E-state index in [-0.39, 0.29) is 23.6 Å². The van der Waals surface area contributed by atoms with Gasteiger partial charge >= 0.3 is 12.1 Å². The highest BCUT2D eigenvalue weighted by molar-refractivity contribution is 6.33. The van der Waals surface area contributed by atoms with Crippen molar-refractivity contribution >= 4 is 29.2 Å². The average Bonchev–Trinajstić information content (AvgIpc) is 2.48. The van der Waals surface area contributed by atoms with E-state index in [4.69, 9.17) is 16.7 Å². The molecular formula is C15H13ClF3NO3. The van der Waals surface area contributed by atoms with Gasteiger partial charge in [-0.25, -0.2) is 0 Å². The number of carboxylic acid groups (broad SMARTS) is 1. The number of amides is 1. The summed E-state index contributed by atoms with van der Waals surface area (Å²) in [5.41, 5.74) is -0.909. The molecule has 0 heterocycles. The summed E-state index contributed by atoms with van der Waals surface area (Å²) < 4.78 is 37.7. The molecule has 0 radical (unpaired) electrons. The van der Waals surface area contributed by atoms with Crippen molar-refractivity contribution in [3.8, 4) is 0 Å². The number of rotatable bonds is 3. The molecule has 0 fully saturated rings. The maximum absolute atomic E-state index is 12.6. The number of anilines is 1. The van der Waals surface area contributed by atoms with Crippen molar-refractivity contribution in [1.29, 1.82) is 0 Å². The average molecular weight is 348 g/mol. The van der Waals surface area contributed by atoms with Crippen molar-refractivity contribution in [3.05, 3.63) is 40.9 Å². The van der Waals surface area contributed by atoms with Crippen molar-refractivity contribution in [1.82, 2.24) is 0 Å². The Morgan fingerprint density at radius 2 is 1.78 bits per heavy atom. The van der Waals surface area contributed by atoms with Gasteiger partial charge in [-0.15, -0.1) is 0 Å². The highest BCUT2D eigenvalue weighted by Gasteiger charge is 2.35. The first-order chi connectivity index (χ1) is 10.7. The van der Waals surface area contributed by atoms with Crippen LogP contribution < -0.4 is 5.32 Å². The number of hydrogen-bond donors (Lipinski definition) is 2. The summed E-state index contributed by atoms with van der Waals surface area (Å²) in [7, 11) is 0. The second-order valence-electron chi connectivity index (χ2n) is 5.18. The maximum Gasteiger partial charge on any atom is 0.416 e. The second kappa shape index (κ2) is 6.62. The van der Waals surface area contributed by atoms with Crippen LogP contribution in [0.1, 0.15) is 18.4 Å². The number of halogens is 4. The number of nitrogens with one attached hydrogen (secondary N) is 1. The molecule has 1 aromatic rings. The minimum atomic E-state index is -4.53. The van der Waals surface area contributed by atoms with Gasteiger partial charge in [-0.2, -0.15) is 13.2 Å². The van der Waals surface area contributed by atoms with Crippen molar-refractivity contribution in [2.75, 3.05) is 5.32 Å². The third kappa shape index (κ3) is 4.04. The summed E-state index contributed by atoms with van der Waals surface area (Å²) in [6, 6.07) is 2.57. The molecule has 0 unspecified atom stereocenters. The van der Waals surface area contributed by atoms with Crippen LogP contribution in [-0.4, -0.2) is 17.0 Å². The monoisotopic (exact) mass is 347 g/mol. The highest BCUT2D eigenvalue weighted by atomic mass is 35.5. The zero-order valence-corrected chi connectivity index (χ0v) is 12.5. The number of allylic oxidation sites excluding steroid dienone is 2. The smallest absolute Gasteiger partial charge is 0.416 e. The fourth-order valence-electron chi connectivity index (χ4n) is 2.40. The highest BCUT2D eigenvalue weighted by Crippen LogP contribution is 2.34. The molecule has 1 amide bonds. The summed E-state index contributed by atoms with van der Waals surface area (Å²) in [5, 5.41) is 11.3. The van der Waals surface area contributed by atoms with E-state index in [0.717, 1.165) is 12.1 Å². The molecule has 1 aromatic carbocycles. The Hall–Kier alpha value is -2.02. The van der Waals surface area contributed by atoms with Gasteiger partial charge in [0.15, 0.2) is 0 Å². The number of benzene rings is 1. The summed E-state index contributed by atoms with van der Waals surface area (Å²) in [4.78, 5) is 23.4. The van der Waals surface area contributed by atoms with Gasteiger partial charge in [0.1, 0.15) is 0 Å². The third-order valence-corrected chi connectivity index (χ3v) is 3.95. The summed E-state index contributed by atoms with van der Waals surface area (Å²) in [6.07, 6.45) is -0.657. The quantitative estimate of drug-likeness (QED) is 0.813. The van der Waals surface area contributed by atoms with Crippen LogP contribution in [0.5, 0.6) is 0 Å². The number of carbonyl (C=O) groups excluding carboxylic acids is 1. The number of carboxylic acids is 1. The van der Waals surface area contributed by atoms with Gasteiger partial charge < -0.3 is 10.4 Å². The fraction of sp³-hybridized carbons (Fsp3) is 0.333. The normalized spacial score (nSPS) is 21.0. The first kappa shape index (κ1) is 17.3. The third-order valence-electron chi connectivity index (χ3n) is 3.64. The minimum absolute atomic E-state index is 0.0170. The van der Waals surface area contributed by atoms with E-state index in [1.54, 1.807) is 12.2 Å². The van der Waals surface area contributed by atoms with Gasteiger partial charge in [-0.3, -0.25) is 9.59 Å². The van der Waals surface area contributed by atoms with Gasteiger partial charge in [-0.05, 0) is 31.0 Å². The van der Waals surface area contributed by atoms with Crippen LogP contribution in [-0.2, 0) is 15.8 Å². The summed E-state index contributed by atoms with van der Waals surface area (Å²) in [6.45, 7) is 0. The Balaban J connectivity index is 2.17. The van der Waals surface area contributed by atoms with Crippen LogP contribution in [0.4, 0.5) is 18.9 Å². The molecule has 8 heteroatoms. The lowest BCUT2D eigenvalue weighted by Gasteiger charge is -2.24. The second-order valence-corrected chi connectivity index (χ2v) is 5.58. The van der Waals surface area contributed by atoms with E-state index in [1.807, 2.05) is 0 Å². The molecule has 2 rings (SSSR count). The van der Waals surface area contributed by atoms with Gasteiger partial charge in [0.25, 0.3) is 0 Å². The van der Waals surface area contributed by atoms with E-state index in [2.05, 4.69) is 5.32 Å². The lowest BCUT2D eigenvalue weighted by Crippen LogP contribution is -2.34.